The molecule has 0 saturated carbocycles. The van der Waals surface area contributed by atoms with E-state index in [1.807, 2.05) is 59.8 Å². The minimum atomic E-state index is -0.0741. The Hall–Kier alpha value is -3.05. The van der Waals surface area contributed by atoms with Gasteiger partial charge in [-0.25, -0.2) is 4.98 Å². The van der Waals surface area contributed by atoms with E-state index in [4.69, 9.17) is 16.6 Å². The van der Waals surface area contributed by atoms with Crippen LogP contribution in [-0.2, 0) is 4.79 Å². The number of halogens is 1. The van der Waals surface area contributed by atoms with Crippen LogP contribution in [0.3, 0.4) is 0 Å². The van der Waals surface area contributed by atoms with Crippen molar-refractivity contribution in [2.75, 3.05) is 6.54 Å². The largest absolute Gasteiger partial charge is 0.346 e. The summed E-state index contributed by atoms with van der Waals surface area (Å²) in [6.07, 6.45) is 6.37. The molecule has 0 N–H and O–H groups in total. The van der Waals surface area contributed by atoms with E-state index in [0.29, 0.717) is 11.4 Å². The second-order valence-corrected chi connectivity index (χ2v) is 9.51. The van der Waals surface area contributed by atoms with Gasteiger partial charge in [0.15, 0.2) is 0 Å². The third-order valence-corrected chi connectivity index (χ3v) is 6.87. The highest BCUT2D eigenvalue weighted by molar-refractivity contribution is 6.30. The lowest BCUT2D eigenvalue weighted by molar-refractivity contribution is -0.132. The first-order valence-corrected chi connectivity index (χ1v) is 12.0. The van der Waals surface area contributed by atoms with Gasteiger partial charge in [-0.2, -0.15) is 0 Å². The number of hydrogen-bond donors (Lipinski definition) is 0. The summed E-state index contributed by atoms with van der Waals surface area (Å²) in [6.45, 7) is 5.13. The van der Waals surface area contributed by atoms with Gasteiger partial charge in [-0.1, -0.05) is 35.9 Å². The van der Waals surface area contributed by atoms with Crippen LogP contribution in [0.5, 0.6) is 0 Å². The highest BCUT2D eigenvalue weighted by Gasteiger charge is 2.35. The second kappa shape index (κ2) is 9.06. The Morgan fingerprint density at radius 1 is 1.06 bits per heavy atom. The Morgan fingerprint density at radius 3 is 2.52 bits per heavy atom. The molecule has 1 aliphatic rings. The van der Waals surface area contributed by atoms with Crippen molar-refractivity contribution in [2.24, 2.45) is 0 Å². The van der Waals surface area contributed by atoms with Crippen LogP contribution in [-0.4, -0.2) is 31.5 Å². The van der Waals surface area contributed by atoms with Gasteiger partial charge in [0, 0.05) is 30.0 Å². The van der Waals surface area contributed by atoms with Gasteiger partial charge in [-0.15, -0.1) is 0 Å². The predicted molar refractivity (Wildman–Crippen MR) is 132 cm³/mol. The van der Waals surface area contributed by atoms with Crippen LogP contribution in [0, 0.1) is 0 Å². The van der Waals surface area contributed by atoms with Crippen LogP contribution in [0.2, 0.25) is 5.02 Å². The van der Waals surface area contributed by atoms with Crippen LogP contribution in [0.15, 0.2) is 73.1 Å². The molecule has 2 atom stereocenters. The summed E-state index contributed by atoms with van der Waals surface area (Å²) >= 11 is 6.12. The van der Waals surface area contributed by atoms with Crippen molar-refractivity contribution in [2.45, 2.75) is 51.2 Å². The first-order chi connectivity index (χ1) is 16.0. The molecule has 1 saturated heterocycles. The maximum atomic E-state index is 13.7. The molecule has 6 heteroatoms. The molecule has 2 aromatic heterocycles. The lowest BCUT2D eigenvalue weighted by Crippen LogP contribution is -2.34. The monoisotopic (exact) mass is 460 g/mol. The Morgan fingerprint density at radius 2 is 1.79 bits per heavy atom. The molecular formula is C27H29ClN4O. The van der Waals surface area contributed by atoms with Crippen molar-refractivity contribution in [1.29, 1.82) is 0 Å². The molecule has 0 spiro atoms. The molecule has 170 valence electrons. The van der Waals surface area contributed by atoms with Gasteiger partial charge in [-0.05, 0) is 68.7 Å². The zero-order valence-corrected chi connectivity index (χ0v) is 19.8. The Bertz CT molecular complexity index is 1240. The first-order valence-electron chi connectivity index (χ1n) is 11.7. The van der Waals surface area contributed by atoms with Gasteiger partial charge < -0.3 is 14.0 Å². The summed E-state index contributed by atoms with van der Waals surface area (Å²) in [5.41, 5.74) is 3.20. The molecule has 3 heterocycles. The first kappa shape index (κ1) is 21.8. The van der Waals surface area contributed by atoms with E-state index in [9.17, 15) is 4.79 Å². The molecule has 5 rings (SSSR count). The molecule has 4 aromatic rings. The van der Waals surface area contributed by atoms with Crippen LogP contribution >= 0.6 is 11.6 Å². The van der Waals surface area contributed by atoms with Crippen molar-refractivity contribution in [3.8, 4) is 0 Å². The molecule has 0 radical (unpaired) electrons. The van der Waals surface area contributed by atoms with Crippen LogP contribution in [0.4, 0.5) is 0 Å². The number of nitrogens with zero attached hydrogens (tertiary/aromatic N) is 4. The molecule has 0 bridgehead atoms. The number of fused-ring (bicyclic) bond motifs is 1. The number of hydrogen-bond acceptors (Lipinski definition) is 2. The molecule has 2 aromatic carbocycles. The summed E-state index contributed by atoms with van der Waals surface area (Å²) in [7, 11) is 0. The van der Waals surface area contributed by atoms with Crippen LogP contribution in [0.1, 0.15) is 62.6 Å². The lowest BCUT2D eigenvalue weighted by Gasteiger charge is -2.28. The minimum absolute atomic E-state index is 0.00262. The molecular weight excluding hydrogens is 432 g/mol. The number of benzene rings is 2. The smallest absolute Gasteiger partial charge is 0.225 e. The van der Waals surface area contributed by atoms with Gasteiger partial charge in [0.25, 0.3) is 0 Å². The summed E-state index contributed by atoms with van der Waals surface area (Å²) < 4.78 is 4.41. The zero-order chi connectivity index (χ0) is 22.9. The Labute approximate surface area is 199 Å². The molecule has 0 aliphatic carbocycles. The Balaban J connectivity index is 1.46. The quantitative estimate of drug-likeness (QED) is 0.333. The number of imidazole rings is 1. The third kappa shape index (κ3) is 4.18. The second-order valence-electron chi connectivity index (χ2n) is 9.07. The van der Waals surface area contributed by atoms with Crippen molar-refractivity contribution in [1.82, 2.24) is 19.0 Å². The molecule has 5 nitrogen and oxygen atoms in total. The number of amides is 1. The summed E-state index contributed by atoms with van der Waals surface area (Å²) in [5, 5.41) is 0.698. The van der Waals surface area contributed by atoms with Crippen LogP contribution < -0.4 is 0 Å². The number of aromatic nitrogens is 3. The molecule has 1 amide bonds. The number of likely N-dealkylation sites (tertiary alicyclic amines) is 1. The van der Waals surface area contributed by atoms with E-state index < -0.39 is 0 Å². The van der Waals surface area contributed by atoms with E-state index in [2.05, 4.69) is 41.2 Å². The maximum Gasteiger partial charge on any atom is 0.225 e. The highest BCUT2D eigenvalue weighted by Crippen LogP contribution is 2.36. The summed E-state index contributed by atoms with van der Waals surface area (Å²) in [5.74, 6) is 1.16. The van der Waals surface area contributed by atoms with Gasteiger partial charge in [0.2, 0.25) is 5.91 Å². The van der Waals surface area contributed by atoms with Crippen molar-refractivity contribution < 1.29 is 4.79 Å². The van der Waals surface area contributed by atoms with Gasteiger partial charge >= 0.3 is 0 Å². The average molecular weight is 461 g/mol. The molecule has 1 aliphatic heterocycles. The average Bonchev–Trinajstić information content (AvgIpc) is 3.57. The van der Waals surface area contributed by atoms with E-state index in [1.54, 1.807) is 0 Å². The zero-order valence-electron chi connectivity index (χ0n) is 19.1. The minimum Gasteiger partial charge on any atom is -0.346 e. The van der Waals surface area contributed by atoms with E-state index >= 15 is 0 Å². The summed E-state index contributed by atoms with van der Waals surface area (Å²) in [6, 6.07) is 20.3. The van der Waals surface area contributed by atoms with E-state index in [1.165, 1.54) is 0 Å². The van der Waals surface area contributed by atoms with Gasteiger partial charge in [0.1, 0.15) is 5.82 Å². The fourth-order valence-corrected chi connectivity index (χ4v) is 5.22. The van der Waals surface area contributed by atoms with Gasteiger partial charge in [-0.3, -0.25) is 4.79 Å². The van der Waals surface area contributed by atoms with Crippen LogP contribution in [0.25, 0.3) is 11.0 Å². The molecule has 2 unspecified atom stereocenters. The topological polar surface area (TPSA) is 43.1 Å². The third-order valence-electron chi connectivity index (χ3n) is 6.62. The fourth-order valence-electron chi connectivity index (χ4n) is 5.09. The van der Waals surface area contributed by atoms with E-state index in [-0.39, 0.29) is 24.0 Å². The van der Waals surface area contributed by atoms with Crippen molar-refractivity contribution >= 4 is 28.5 Å². The Kier molecular flexibility index (Phi) is 5.98. The molecule has 1 fully saturated rings. The van der Waals surface area contributed by atoms with Crippen molar-refractivity contribution in [3.63, 3.8) is 0 Å². The SMILES string of the molecule is CC(C)n1c(C2CCCN2C(=O)CC(c2ccc(Cl)cc2)n2cccc2)nc2ccccc21. The van der Waals surface area contributed by atoms with E-state index in [0.717, 1.165) is 41.8 Å². The predicted octanol–water partition coefficient (Wildman–Crippen LogP) is 6.42. The number of para-hydroxylation sites is 2. The number of carbonyl (C=O) groups is 1. The highest BCUT2D eigenvalue weighted by atomic mass is 35.5. The normalized spacial score (nSPS) is 17.2. The van der Waals surface area contributed by atoms with Crippen molar-refractivity contribution in [3.05, 3.63) is 89.5 Å². The lowest BCUT2D eigenvalue weighted by atomic mass is 10.0. The van der Waals surface area contributed by atoms with Gasteiger partial charge in [0.05, 0.1) is 29.5 Å². The number of rotatable bonds is 6. The molecule has 33 heavy (non-hydrogen) atoms. The standard InChI is InChI=1S/C27H29ClN4O/c1-19(2)32-23-9-4-3-8-22(23)29-27(32)24-10-7-17-31(24)26(33)18-25(30-15-5-6-16-30)20-11-13-21(28)14-12-20/h3-6,8-9,11-16,19,24-25H,7,10,17-18H2,1-2H3. The fraction of sp³-hybridized carbons (Fsp3) is 0.333. The number of carbonyl (C=O) groups excluding carboxylic acids is 1. The summed E-state index contributed by atoms with van der Waals surface area (Å²) in [4.78, 5) is 20.8. The maximum absolute atomic E-state index is 13.7.